The van der Waals surface area contributed by atoms with Crippen LogP contribution < -0.4 is 5.09 Å². The highest BCUT2D eigenvalue weighted by Crippen LogP contribution is 2.23. The molecular formula is C11H14F2NOP. The fourth-order valence-electron chi connectivity index (χ4n) is 1.43. The molecule has 0 aliphatic heterocycles. The molecule has 1 aromatic rings. The van der Waals surface area contributed by atoms with E-state index < -0.39 is 23.8 Å². The molecular weight excluding hydrogens is 231 g/mol. The van der Waals surface area contributed by atoms with Gasteiger partial charge in [0.1, 0.15) is 11.6 Å². The highest BCUT2D eigenvalue weighted by molar-refractivity contribution is 7.13. The van der Waals surface area contributed by atoms with Crippen molar-refractivity contribution in [3.8, 4) is 0 Å². The van der Waals surface area contributed by atoms with Crippen LogP contribution in [0.2, 0.25) is 0 Å². The summed E-state index contributed by atoms with van der Waals surface area (Å²) in [6.45, 7) is 3.54. The normalized spacial score (nSPS) is 14.5. The first-order chi connectivity index (χ1) is 7.60. The van der Waals surface area contributed by atoms with Crippen LogP contribution in [-0.2, 0) is 0 Å². The van der Waals surface area contributed by atoms with E-state index in [1.807, 2.05) is 0 Å². The van der Waals surface area contributed by atoms with Gasteiger partial charge >= 0.3 is 0 Å². The number of nitrogens with one attached hydrogen (secondary N) is 1. The second kappa shape index (κ2) is 6.04. The zero-order valence-corrected chi connectivity index (χ0v) is 9.81. The van der Waals surface area contributed by atoms with E-state index >= 15 is 0 Å². The summed E-state index contributed by atoms with van der Waals surface area (Å²) in [5.41, 5.74) is -0.0539. The van der Waals surface area contributed by atoms with Gasteiger partial charge in [-0.05, 0) is 24.6 Å². The number of aliphatic hydroxyl groups excluding tert-OH is 1. The topological polar surface area (TPSA) is 32.3 Å². The van der Waals surface area contributed by atoms with Crippen LogP contribution in [0.1, 0.15) is 18.1 Å². The number of rotatable bonds is 5. The van der Waals surface area contributed by atoms with Crippen molar-refractivity contribution in [1.29, 1.82) is 0 Å². The summed E-state index contributed by atoms with van der Waals surface area (Å²) < 4.78 is 26.3. The molecule has 0 aliphatic rings. The van der Waals surface area contributed by atoms with Crippen molar-refractivity contribution in [2.75, 3.05) is 0 Å². The zero-order valence-electron chi connectivity index (χ0n) is 8.66. The molecule has 0 spiro atoms. The third-order valence-electron chi connectivity index (χ3n) is 2.29. The average molecular weight is 245 g/mol. The summed E-state index contributed by atoms with van der Waals surface area (Å²) in [6.07, 6.45) is 0.925. The van der Waals surface area contributed by atoms with Gasteiger partial charge in [-0.3, -0.25) is 5.09 Å². The van der Waals surface area contributed by atoms with Crippen molar-refractivity contribution in [2.24, 2.45) is 0 Å². The molecule has 2 nitrogen and oxygen atoms in total. The van der Waals surface area contributed by atoms with Crippen molar-refractivity contribution >= 4 is 9.39 Å². The van der Waals surface area contributed by atoms with Gasteiger partial charge in [0, 0.05) is 11.6 Å². The Morgan fingerprint density at radius 2 is 2.19 bits per heavy atom. The van der Waals surface area contributed by atoms with E-state index in [2.05, 4.69) is 21.1 Å². The third-order valence-corrected chi connectivity index (χ3v) is 2.72. The molecule has 5 heteroatoms. The molecule has 0 amide bonds. The standard InChI is InChI=1S/C11H14F2NOP/c1-2-3-10(14-16)11(15)8-6-7(12)4-5-9(8)13/h2,4-6,10-11,14-15H,1,3,16H2. The van der Waals surface area contributed by atoms with E-state index in [9.17, 15) is 13.9 Å². The van der Waals surface area contributed by atoms with Crippen LogP contribution in [0.3, 0.4) is 0 Å². The quantitative estimate of drug-likeness (QED) is 0.616. The Bertz CT molecular complexity index is 373. The largest absolute Gasteiger partial charge is 0.387 e. The Morgan fingerprint density at radius 3 is 2.75 bits per heavy atom. The molecule has 0 heterocycles. The van der Waals surface area contributed by atoms with Gasteiger partial charge < -0.3 is 5.11 Å². The Labute approximate surface area is 95.6 Å². The highest BCUT2D eigenvalue weighted by Gasteiger charge is 2.21. The fourth-order valence-corrected chi connectivity index (χ4v) is 1.74. The molecule has 0 bridgehead atoms. The summed E-state index contributed by atoms with van der Waals surface area (Å²) in [6, 6.07) is 2.60. The third kappa shape index (κ3) is 3.08. The second-order valence-corrected chi connectivity index (χ2v) is 3.74. The van der Waals surface area contributed by atoms with Crippen LogP contribution in [0.5, 0.6) is 0 Å². The first-order valence-corrected chi connectivity index (χ1v) is 5.38. The van der Waals surface area contributed by atoms with E-state index in [0.717, 1.165) is 18.2 Å². The first kappa shape index (κ1) is 13.2. The van der Waals surface area contributed by atoms with Gasteiger partial charge in [0.05, 0.1) is 6.10 Å². The average Bonchev–Trinajstić information content (AvgIpc) is 2.28. The minimum atomic E-state index is -1.12. The molecule has 3 atom stereocenters. The van der Waals surface area contributed by atoms with E-state index in [-0.39, 0.29) is 5.56 Å². The molecule has 2 N–H and O–H groups in total. The van der Waals surface area contributed by atoms with Crippen molar-refractivity contribution in [3.63, 3.8) is 0 Å². The Balaban J connectivity index is 2.97. The minimum Gasteiger partial charge on any atom is -0.387 e. The fraction of sp³-hybridized carbons (Fsp3) is 0.273. The molecule has 1 rings (SSSR count). The van der Waals surface area contributed by atoms with Crippen molar-refractivity contribution in [2.45, 2.75) is 18.6 Å². The van der Waals surface area contributed by atoms with Gasteiger partial charge in [-0.1, -0.05) is 15.5 Å². The second-order valence-electron chi connectivity index (χ2n) is 3.41. The number of aliphatic hydroxyl groups is 1. The Kier molecular flexibility index (Phi) is 5.00. The molecule has 0 aromatic heterocycles. The molecule has 0 saturated heterocycles. The summed E-state index contributed by atoms with van der Waals surface area (Å²) in [7, 11) is 2.24. The van der Waals surface area contributed by atoms with Crippen LogP contribution in [0, 0.1) is 11.6 Å². The Hall–Kier alpha value is -0.830. The van der Waals surface area contributed by atoms with Crippen LogP contribution in [0.15, 0.2) is 30.9 Å². The molecule has 3 unspecified atom stereocenters. The molecule has 0 radical (unpaired) electrons. The summed E-state index contributed by atoms with van der Waals surface area (Å²) >= 11 is 0. The molecule has 0 fully saturated rings. The van der Waals surface area contributed by atoms with Crippen LogP contribution in [0.4, 0.5) is 8.78 Å². The van der Waals surface area contributed by atoms with Gasteiger partial charge in [-0.15, -0.1) is 6.58 Å². The number of benzene rings is 1. The predicted octanol–water partition coefficient (Wildman–Crippen LogP) is 2.32. The Morgan fingerprint density at radius 1 is 1.50 bits per heavy atom. The maximum Gasteiger partial charge on any atom is 0.129 e. The van der Waals surface area contributed by atoms with E-state index in [4.69, 9.17) is 0 Å². The maximum absolute atomic E-state index is 13.4. The lowest BCUT2D eigenvalue weighted by molar-refractivity contribution is 0.136. The lowest BCUT2D eigenvalue weighted by Crippen LogP contribution is -2.28. The molecule has 0 aliphatic carbocycles. The van der Waals surface area contributed by atoms with Crippen molar-refractivity contribution in [3.05, 3.63) is 48.1 Å². The van der Waals surface area contributed by atoms with E-state index in [1.54, 1.807) is 6.08 Å². The van der Waals surface area contributed by atoms with Gasteiger partial charge in [-0.2, -0.15) is 0 Å². The number of hydrogen-bond acceptors (Lipinski definition) is 2. The first-order valence-electron chi connectivity index (χ1n) is 4.80. The summed E-state index contributed by atoms with van der Waals surface area (Å²) in [5, 5.41) is 12.6. The summed E-state index contributed by atoms with van der Waals surface area (Å²) in [4.78, 5) is 0. The van der Waals surface area contributed by atoms with Gasteiger partial charge in [0.15, 0.2) is 0 Å². The van der Waals surface area contributed by atoms with Gasteiger partial charge in [0.2, 0.25) is 0 Å². The van der Waals surface area contributed by atoms with Gasteiger partial charge in [-0.25, -0.2) is 8.78 Å². The van der Waals surface area contributed by atoms with E-state index in [1.165, 1.54) is 0 Å². The van der Waals surface area contributed by atoms with Crippen LogP contribution in [-0.4, -0.2) is 11.1 Å². The number of halogens is 2. The zero-order chi connectivity index (χ0) is 12.1. The maximum atomic E-state index is 13.4. The van der Waals surface area contributed by atoms with Crippen molar-refractivity contribution < 1.29 is 13.9 Å². The molecule has 0 saturated carbocycles. The SMILES string of the molecule is C=CCC(NP)C(O)c1cc(F)ccc1F. The predicted molar refractivity (Wildman–Crippen MR) is 62.8 cm³/mol. The molecule has 16 heavy (non-hydrogen) atoms. The smallest absolute Gasteiger partial charge is 0.129 e. The van der Waals surface area contributed by atoms with Crippen molar-refractivity contribution in [1.82, 2.24) is 5.09 Å². The van der Waals surface area contributed by atoms with E-state index in [0.29, 0.717) is 6.42 Å². The summed E-state index contributed by atoms with van der Waals surface area (Å²) in [5.74, 6) is -1.19. The number of hydrogen-bond donors (Lipinski definition) is 2. The highest BCUT2D eigenvalue weighted by atomic mass is 31.0. The minimum absolute atomic E-state index is 0.0539. The monoisotopic (exact) mass is 245 g/mol. The molecule has 88 valence electrons. The van der Waals surface area contributed by atoms with Gasteiger partial charge in [0.25, 0.3) is 0 Å². The lowest BCUT2D eigenvalue weighted by Gasteiger charge is -2.21. The van der Waals surface area contributed by atoms with Crippen LogP contribution >= 0.6 is 9.39 Å². The lowest BCUT2D eigenvalue weighted by atomic mass is 10.00. The van der Waals surface area contributed by atoms with Crippen LogP contribution in [0.25, 0.3) is 0 Å². The molecule has 1 aromatic carbocycles.